The SMILES string of the molecule is NN1C=CNO1. The maximum absolute atomic E-state index is 5.00. The predicted molar refractivity (Wildman–Crippen MR) is 19.4 cm³/mol. The van der Waals surface area contributed by atoms with Crippen molar-refractivity contribution in [1.82, 2.24) is 10.7 Å². The highest BCUT2D eigenvalue weighted by molar-refractivity contribution is 4.73. The molecule has 0 atom stereocenters. The van der Waals surface area contributed by atoms with E-state index in [2.05, 4.69) is 10.4 Å². The molecule has 0 aromatic carbocycles. The van der Waals surface area contributed by atoms with Crippen molar-refractivity contribution in [3.05, 3.63) is 12.4 Å². The molecule has 0 aliphatic carbocycles. The number of nitrogens with two attached hydrogens (primary N) is 1. The van der Waals surface area contributed by atoms with Crippen LogP contribution in [0, 0.1) is 0 Å². The molecule has 0 radical (unpaired) electrons. The van der Waals surface area contributed by atoms with E-state index in [0.29, 0.717) is 0 Å². The highest BCUT2D eigenvalue weighted by Gasteiger charge is 1.92. The Hall–Kier alpha value is -0.740. The fourth-order valence-corrected chi connectivity index (χ4v) is 0.226. The summed E-state index contributed by atoms with van der Waals surface area (Å²) < 4.78 is 0. The third-order valence-electron chi connectivity index (χ3n) is 0.448. The van der Waals surface area contributed by atoms with Gasteiger partial charge in [0.1, 0.15) is 0 Å². The van der Waals surface area contributed by atoms with Crippen LogP contribution in [0.2, 0.25) is 0 Å². The van der Waals surface area contributed by atoms with Gasteiger partial charge in [0.2, 0.25) is 0 Å². The molecule has 34 valence electrons. The van der Waals surface area contributed by atoms with Gasteiger partial charge in [-0.15, -0.1) is 4.94 Å². The van der Waals surface area contributed by atoms with Crippen LogP contribution in [0.5, 0.6) is 0 Å². The van der Waals surface area contributed by atoms with Crippen LogP contribution in [0.15, 0.2) is 12.4 Å². The Kier molecular flexibility index (Phi) is 0.664. The number of hydrogen-bond acceptors (Lipinski definition) is 4. The summed E-state index contributed by atoms with van der Waals surface area (Å²) in [4.78, 5) is 4.40. The van der Waals surface area contributed by atoms with Gasteiger partial charge in [-0.25, -0.2) is 11.3 Å². The normalized spacial score (nSPS) is 18.5. The first kappa shape index (κ1) is 3.45. The Morgan fingerprint density at radius 1 is 1.83 bits per heavy atom. The zero-order chi connectivity index (χ0) is 4.41. The lowest BCUT2D eigenvalue weighted by Gasteiger charge is -2.00. The second kappa shape index (κ2) is 1.16. The summed E-state index contributed by atoms with van der Waals surface area (Å²) in [5, 5.41) is 1.07. The van der Waals surface area contributed by atoms with E-state index in [4.69, 9.17) is 5.84 Å². The molecule has 0 saturated heterocycles. The van der Waals surface area contributed by atoms with Crippen LogP contribution in [0.1, 0.15) is 0 Å². The van der Waals surface area contributed by atoms with Crippen molar-refractivity contribution in [2.45, 2.75) is 0 Å². The molecule has 0 aromatic rings. The van der Waals surface area contributed by atoms with E-state index in [-0.39, 0.29) is 0 Å². The Bertz CT molecular complexity index is 71.2. The quantitative estimate of drug-likeness (QED) is 0.375. The van der Waals surface area contributed by atoms with Gasteiger partial charge in [-0.2, -0.15) is 5.17 Å². The summed E-state index contributed by atoms with van der Waals surface area (Å²) >= 11 is 0. The number of nitrogens with one attached hydrogen (secondary N) is 1. The van der Waals surface area contributed by atoms with E-state index in [1.54, 1.807) is 12.4 Å². The van der Waals surface area contributed by atoms with E-state index in [9.17, 15) is 0 Å². The third-order valence-corrected chi connectivity index (χ3v) is 0.448. The van der Waals surface area contributed by atoms with E-state index >= 15 is 0 Å². The van der Waals surface area contributed by atoms with E-state index in [1.165, 1.54) is 0 Å². The Balaban J connectivity index is 2.38. The topological polar surface area (TPSA) is 50.5 Å². The Morgan fingerprint density at radius 3 is 2.83 bits per heavy atom. The highest BCUT2D eigenvalue weighted by atomic mass is 16.8. The monoisotopic (exact) mass is 87.0 g/mol. The molecule has 0 fully saturated rings. The molecule has 3 N–H and O–H groups in total. The lowest BCUT2D eigenvalue weighted by atomic mass is 11.0. The maximum Gasteiger partial charge on any atom is 0.0666 e. The zero-order valence-corrected chi connectivity index (χ0v) is 3.09. The van der Waals surface area contributed by atoms with Crippen molar-refractivity contribution in [3.8, 4) is 0 Å². The number of rotatable bonds is 0. The Morgan fingerprint density at radius 2 is 2.67 bits per heavy atom. The lowest BCUT2D eigenvalue weighted by molar-refractivity contribution is -0.144. The zero-order valence-electron chi connectivity index (χ0n) is 3.09. The summed E-state index contributed by atoms with van der Waals surface area (Å²) in [5.74, 6) is 5.00. The smallest absolute Gasteiger partial charge is 0.0666 e. The summed E-state index contributed by atoms with van der Waals surface area (Å²) in [6, 6.07) is 0. The molecule has 4 heteroatoms. The standard InChI is InChI=1S/C2H5N3O/c3-5-2-1-4-6-5/h1-2,4H,3H2. The van der Waals surface area contributed by atoms with Gasteiger partial charge < -0.3 is 0 Å². The summed E-state index contributed by atoms with van der Waals surface area (Å²) in [7, 11) is 0. The molecule has 0 unspecified atom stereocenters. The molecule has 0 bridgehead atoms. The van der Waals surface area contributed by atoms with Crippen LogP contribution < -0.4 is 11.3 Å². The van der Waals surface area contributed by atoms with E-state index in [1.807, 2.05) is 0 Å². The van der Waals surface area contributed by atoms with Gasteiger partial charge in [0, 0.05) is 6.20 Å². The molecule has 4 nitrogen and oxygen atoms in total. The van der Waals surface area contributed by atoms with Gasteiger partial charge in [0.05, 0.1) is 6.20 Å². The number of nitrogens with zero attached hydrogens (tertiary/aromatic N) is 1. The minimum Gasteiger partial charge on any atom is -0.246 e. The minimum absolute atomic E-state index is 1.07. The van der Waals surface area contributed by atoms with Crippen LogP contribution in [0.4, 0.5) is 0 Å². The van der Waals surface area contributed by atoms with Crippen LogP contribution in [-0.2, 0) is 4.94 Å². The average Bonchev–Trinajstić information content (AvgIpc) is 1.86. The minimum atomic E-state index is 1.07. The molecule has 0 aromatic heterocycles. The van der Waals surface area contributed by atoms with Gasteiger partial charge in [-0.05, 0) is 0 Å². The van der Waals surface area contributed by atoms with Crippen LogP contribution in [0.3, 0.4) is 0 Å². The molecule has 1 aliphatic heterocycles. The van der Waals surface area contributed by atoms with Gasteiger partial charge in [0.15, 0.2) is 0 Å². The average molecular weight is 87.1 g/mol. The largest absolute Gasteiger partial charge is 0.246 e. The molecule has 0 spiro atoms. The third kappa shape index (κ3) is 0.425. The molecule has 1 aliphatic rings. The summed E-state index contributed by atoms with van der Waals surface area (Å²) in [5.41, 5.74) is 2.39. The van der Waals surface area contributed by atoms with Crippen molar-refractivity contribution in [2.75, 3.05) is 0 Å². The van der Waals surface area contributed by atoms with E-state index < -0.39 is 0 Å². The molecule has 0 amide bonds. The number of hydroxylamine groups is 2. The second-order valence-corrected chi connectivity index (χ2v) is 0.885. The van der Waals surface area contributed by atoms with Crippen molar-refractivity contribution in [3.63, 3.8) is 0 Å². The fraction of sp³-hybridized carbons (Fsp3) is 0. The number of hydrazine groups is 1. The predicted octanol–water partition coefficient (Wildman–Crippen LogP) is -0.917. The highest BCUT2D eigenvalue weighted by Crippen LogP contribution is 1.83. The number of hydrogen-bond donors (Lipinski definition) is 2. The first-order chi connectivity index (χ1) is 2.89. The van der Waals surface area contributed by atoms with Crippen LogP contribution in [0.25, 0.3) is 0 Å². The maximum atomic E-state index is 5.00. The summed E-state index contributed by atoms with van der Waals surface area (Å²) in [6.45, 7) is 0. The second-order valence-electron chi connectivity index (χ2n) is 0.885. The first-order valence-electron chi connectivity index (χ1n) is 1.53. The molecule has 6 heavy (non-hydrogen) atoms. The summed E-state index contributed by atoms with van der Waals surface area (Å²) in [6.07, 6.45) is 3.14. The lowest BCUT2D eigenvalue weighted by Crippen LogP contribution is -2.23. The molecule has 1 heterocycles. The van der Waals surface area contributed by atoms with Gasteiger partial charge in [-0.3, -0.25) is 0 Å². The fourth-order valence-electron chi connectivity index (χ4n) is 0.226. The van der Waals surface area contributed by atoms with Crippen molar-refractivity contribution in [1.29, 1.82) is 0 Å². The van der Waals surface area contributed by atoms with Gasteiger partial charge in [-0.1, -0.05) is 0 Å². The van der Waals surface area contributed by atoms with Gasteiger partial charge >= 0.3 is 0 Å². The first-order valence-corrected chi connectivity index (χ1v) is 1.53. The van der Waals surface area contributed by atoms with Crippen molar-refractivity contribution >= 4 is 0 Å². The van der Waals surface area contributed by atoms with Crippen LogP contribution in [-0.4, -0.2) is 5.17 Å². The molecular weight excluding hydrogens is 82.0 g/mol. The van der Waals surface area contributed by atoms with Crippen molar-refractivity contribution < 1.29 is 4.94 Å². The van der Waals surface area contributed by atoms with Crippen LogP contribution >= 0.6 is 0 Å². The molecule has 1 rings (SSSR count). The van der Waals surface area contributed by atoms with Gasteiger partial charge in [0.25, 0.3) is 0 Å². The Labute approximate surface area is 35.1 Å². The van der Waals surface area contributed by atoms with Crippen molar-refractivity contribution in [2.24, 2.45) is 5.84 Å². The molecule has 0 saturated carbocycles. The molecular formula is C2H5N3O. The van der Waals surface area contributed by atoms with E-state index in [0.717, 1.165) is 5.17 Å².